The van der Waals surface area contributed by atoms with Gasteiger partial charge in [0.15, 0.2) is 0 Å². The van der Waals surface area contributed by atoms with Crippen LogP contribution in [0.4, 0.5) is 0 Å². The van der Waals surface area contributed by atoms with Gasteiger partial charge in [0.2, 0.25) is 0 Å². The highest BCUT2D eigenvalue weighted by atomic mass is 14.5. The highest BCUT2D eigenvalue weighted by Gasteiger charge is 2.44. The van der Waals surface area contributed by atoms with Crippen molar-refractivity contribution in [3.05, 3.63) is 66.8 Å². The van der Waals surface area contributed by atoms with Gasteiger partial charge in [-0.1, -0.05) is 427 Å². The average Bonchev–Trinajstić information content (AvgIpc) is 0.642. The second-order valence-corrected chi connectivity index (χ2v) is 41.7. The van der Waals surface area contributed by atoms with Gasteiger partial charge in [0.25, 0.3) is 0 Å². The maximum absolute atomic E-state index is 2.38. The van der Waals surface area contributed by atoms with E-state index < -0.39 is 0 Å². The van der Waals surface area contributed by atoms with Crippen molar-refractivity contribution < 1.29 is 0 Å². The fourth-order valence-corrected chi connectivity index (χ4v) is 26.3. The summed E-state index contributed by atoms with van der Waals surface area (Å²) in [6.07, 6.45) is 112. The molecule has 0 radical (unpaired) electrons. The van der Waals surface area contributed by atoms with E-state index in [0.717, 1.165) is 35.5 Å². The second-order valence-electron chi connectivity index (χ2n) is 41.7. The third kappa shape index (κ3) is 22.6. The van der Waals surface area contributed by atoms with E-state index in [2.05, 4.69) is 41.5 Å². The molecule has 6 aliphatic carbocycles. The molecule has 0 aliphatic heterocycles. The Morgan fingerprint density at radius 1 is 0.114 bits per heavy atom. The van der Waals surface area contributed by atoms with Crippen molar-refractivity contribution in [2.24, 2.45) is 35.5 Å². The zero-order valence-electron chi connectivity index (χ0n) is 76.6. The van der Waals surface area contributed by atoms with E-state index in [1.807, 2.05) is 131 Å². The lowest BCUT2D eigenvalue weighted by atomic mass is 9.60. The molecule has 6 aliphatic rings. The molecule has 7 aromatic rings. The predicted octanol–water partition coefficient (Wildman–Crippen LogP) is 37.1. The molecule has 0 aromatic heterocycles. The van der Waals surface area contributed by atoms with E-state index in [-0.39, 0.29) is 0 Å². The van der Waals surface area contributed by atoms with Crippen molar-refractivity contribution in [1.29, 1.82) is 0 Å². The molecule has 7 aromatic carbocycles. The van der Waals surface area contributed by atoms with Crippen LogP contribution in [0.15, 0.2) is 0 Å². The van der Waals surface area contributed by atoms with Gasteiger partial charge in [-0.25, -0.2) is 0 Å². The van der Waals surface area contributed by atoms with Crippen LogP contribution in [0.3, 0.4) is 0 Å². The Morgan fingerprint density at radius 3 is 0.298 bits per heavy atom. The Labute approximate surface area is 704 Å². The van der Waals surface area contributed by atoms with E-state index in [4.69, 9.17) is 0 Å². The summed E-state index contributed by atoms with van der Waals surface area (Å²) in [5.41, 5.74) is 23.5. The highest BCUT2D eigenvalue weighted by molar-refractivity contribution is 6.48. The molecule has 0 unspecified atom stereocenters. The molecular weight excluding hydrogens is 1370 g/mol. The van der Waals surface area contributed by atoms with Crippen LogP contribution in [0, 0.1) is 35.5 Å². The molecule has 0 saturated heterocycles. The number of benzene rings is 7. The van der Waals surface area contributed by atoms with Gasteiger partial charge >= 0.3 is 0 Å². The number of hydrogen-bond acceptors (Lipinski definition) is 0. The molecule has 0 heterocycles. The molecule has 114 heavy (non-hydrogen) atoms. The van der Waals surface area contributed by atoms with Crippen LogP contribution in [0.1, 0.15) is 532 Å². The van der Waals surface area contributed by atoms with Crippen LogP contribution in [-0.4, -0.2) is 0 Å². The van der Waals surface area contributed by atoms with Crippen LogP contribution >= 0.6 is 0 Å². The summed E-state index contributed by atoms with van der Waals surface area (Å²) in [6, 6.07) is 0. The lowest BCUT2D eigenvalue weighted by molar-refractivity contribution is 0.411. The second kappa shape index (κ2) is 47.9. The minimum Gasteiger partial charge on any atom is -0.0654 e. The van der Waals surface area contributed by atoms with Crippen molar-refractivity contribution in [3.8, 4) is 0 Å². The Hall–Kier alpha value is -3.12. The first-order valence-corrected chi connectivity index (χ1v) is 53.3. The standard InChI is InChI=1S/C114H180/c1-7-13-19-25-31-37-43-49-55-61-67-85-73-91-93-75-86(68-62-56-50-44-38-32-26-20-14-8-2)77-95-97-79-88(70-64-58-52-46-40-34-28-22-16-10-4)81-99-101-83-90(72-66-60-54-48-42-36-30-24-18-12-6)84-102-100-82-89(71-65-59-53-47-41-35-29-23-17-11-5)80-98-96-78-87(69-63-57-51-45-39-33-27-21-15-9-3)76-94-92(74-85)103(91)109-110(104(93)95)112(106(97)99)114(108(101)102)113(107(98)100)111(109)105(94)96/h85-90H,7-84H2,1-6H3. The molecule has 0 amide bonds. The molecule has 0 atom stereocenters. The number of fused-ring (bicyclic) bond motifs is 6. The van der Waals surface area contributed by atoms with Crippen LogP contribution < -0.4 is 0 Å². The first-order chi connectivity index (χ1) is 56.5. The zero-order chi connectivity index (χ0) is 78.5. The first-order valence-electron chi connectivity index (χ1n) is 53.3. The lowest BCUT2D eigenvalue weighted by Gasteiger charge is -2.43. The molecule has 0 N–H and O–H groups in total. The van der Waals surface area contributed by atoms with Crippen LogP contribution in [0.2, 0.25) is 0 Å². The van der Waals surface area contributed by atoms with E-state index in [0.29, 0.717) is 0 Å². The summed E-state index contributed by atoms with van der Waals surface area (Å²) >= 11 is 0. The van der Waals surface area contributed by atoms with Crippen LogP contribution in [-0.2, 0) is 77.0 Å². The third-order valence-corrected chi connectivity index (χ3v) is 32.5. The van der Waals surface area contributed by atoms with E-state index in [9.17, 15) is 0 Å². The molecule has 636 valence electrons. The fourth-order valence-electron chi connectivity index (χ4n) is 26.3. The van der Waals surface area contributed by atoms with Crippen molar-refractivity contribution in [3.63, 3.8) is 0 Å². The summed E-state index contributed by atoms with van der Waals surface area (Å²) in [4.78, 5) is 0. The van der Waals surface area contributed by atoms with Gasteiger partial charge in [-0.2, -0.15) is 0 Å². The molecule has 0 saturated carbocycles. The van der Waals surface area contributed by atoms with E-state index in [1.54, 1.807) is 0 Å². The van der Waals surface area contributed by atoms with Crippen LogP contribution in [0.5, 0.6) is 0 Å². The fraction of sp³-hybridized carbons (Fsp3) is 0.789. The summed E-state index contributed by atoms with van der Waals surface area (Å²) in [5.74, 6) is 4.68. The van der Waals surface area contributed by atoms with Crippen molar-refractivity contribution in [1.82, 2.24) is 0 Å². The van der Waals surface area contributed by atoms with Gasteiger partial charge < -0.3 is 0 Å². The largest absolute Gasteiger partial charge is 0.0654 e. The first kappa shape index (κ1) is 88.7. The molecule has 0 heteroatoms. The third-order valence-electron chi connectivity index (χ3n) is 32.5. The average molecular weight is 1550 g/mol. The zero-order valence-corrected chi connectivity index (χ0v) is 76.6. The SMILES string of the molecule is CCCCCCCCCCCCC1Cc2c3c4c(c5c6c(c7c8c(c9c%10c(c%11c%12c(c(c2c2c4c6c8c%10c%122)C1)CC(CCCCCCCCCCCC)C%11)CC(CCCCCCCCCCCC)C9)CC(CCCCCCCCCCCC)C7)CC(CCCCCCCCCCCC)C5)CC(CCCCCCCCCCCC)C3. The van der Waals surface area contributed by atoms with Gasteiger partial charge in [-0.3, -0.25) is 0 Å². The minimum atomic E-state index is 0.780. The van der Waals surface area contributed by atoms with Gasteiger partial charge in [0.1, 0.15) is 0 Å². The lowest BCUT2D eigenvalue weighted by Crippen LogP contribution is -2.29. The van der Waals surface area contributed by atoms with Gasteiger partial charge in [-0.15, -0.1) is 0 Å². The highest BCUT2D eigenvalue weighted by Crippen LogP contribution is 2.63. The normalized spacial score (nSPS) is 19.1. The van der Waals surface area contributed by atoms with Gasteiger partial charge in [0.05, 0.1) is 0 Å². The minimum absolute atomic E-state index is 0.780. The Morgan fingerprint density at radius 2 is 0.202 bits per heavy atom. The van der Waals surface area contributed by atoms with Crippen molar-refractivity contribution in [2.75, 3.05) is 0 Å². The maximum Gasteiger partial charge on any atom is -0.000770 e. The molecule has 0 bridgehead atoms. The summed E-state index contributed by atoms with van der Waals surface area (Å²) in [7, 11) is 0. The summed E-state index contributed by atoms with van der Waals surface area (Å²) in [6.45, 7) is 14.3. The van der Waals surface area contributed by atoms with E-state index >= 15 is 0 Å². The van der Waals surface area contributed by atoms with Crippen LogP contribution in [0.25, 0.3) is 64.6 Å². The van der Waals surface area contributed by atoms with Gasteiger partial charge in [0, 0.05) is 0 Å². The smallest absolute Gasteiger partial charge is 0.000770 e. The number of hydrogen-bond donors (Lipinski definition) is 0. The number of rotatable bonds is 66. The Kier molecular flexibility index (Phi) is 37.3. The predicted molar refractivity (Wildman–Crippen MR) is 509 cm³/mol. The molecular formula is C114H180. The quantitative estimate of drug-likeness (QED) is 0.0202. The van der Waals surface area contributed by atoms with Gasteiger partial charge in [-0.05, 0) is 282 Å². The maximum atomic E-state index is 2.38. The molecule has 0 spiro atoms. The topological polar surface area (TPSA) is 0 Å². The van der Waals surface area contributed by atoms with Crippen molar-refractivity contribution >= 4 is 64.6 Å². The van der Waals surface area contributed by atoms with Crippen molar-refractivity contribution in [2.45, 2.75) is 542 Å². The Bertz CT molecular complexity index is 3080. The monoisotopic (exact) mass is 1550 g/mol. The number of unbranched alkanes of at least 4 members (excludes halogenated alkanes) is 54. The Balaban J connectivity index is 0.938. The molecule has 0 fully saturated rings. The summed E-state index contributed by atoms with van der Waals surface area (Å²) in [5, 5.41) is 22.7. The molecule has 0 nitrogen and oxygen atoms in total. The molecule has 13 rings (SSSR count). The summed E-state index contributed by atoms with van der Waals surface area (Å²) < 4.78 is 0. The van der Waals surface area contributed by atoms with E-state index in [1.165, 1.54) is 501 Å².